The van der Waals surface area contributed by atoms with Crippen LogP contribution in [0.5, 0.6) is 0 Å². The molecule has 2 aromatic rings. The number of esters is 1. The number of ether oxygens (including phenoxy) is 1. The van der Waals surface area contributed by atoms with Crippen molar-refractivity contribution in [3.63, 3.8) is 0 Å². The molecule has 0 aliphatic carbocycles. The third kappa shape index (κ3) is 2.05. The van der Waals surface area contributed by atoms with Gasteiger partial charge in [-0.1, -0.05) is 29.5 Å². The smallest absolute Gasteiger partial charge is 0.338 e. The molecule has 82 valence electrons. The summed E-state index contributed by atoms with van der Waals surface area (Å²) in [6.45, 7) is 0. The van der Waals surface area contributed by atoms with Crippen molar-refractivity contribution >= 4 is 28.9 Å². The number of methoxy groups -OCH3 is 1. The van der Waals surface area contributed by atoms with Crippen LogP contribution in [0.25, 0.3) is 10.6 Å². The molecule has 0 atom stereocenters. The fraction of sp³-hybridized carbons (Fsp3) is 0.100. The molecule has 0 unspecified atom stereocenters. The minimum absolute atomic E-state index is 0.342. The molecule has 4 nitrogen and oxygen atoms in total. The molecule has 2 rings (SSSR count). The molecule has 0 N–H and O–H groups in total. The highest BCUT2D eigenvalue weighted by atomic mass is 35.5. The molecule has 0 bridgehead atoms. The van der Waals surface area contributed by atoms with Crippen molar-refractivity contribution in [2.24, 2.45) is 0 Å². The number of hydrogen-bond acceptors (Lipinski definition) is 5. The Morgan fingerprint density at radius 1 is 1.38 bits per heavy atom. The van der Waals surface area contributed by atoms with E-state index in [1.807, 2.05) is 6.07 Å². The quantitative estimate of drug-likeness (QED) is 0.773. The lowest BCUT2D eigenvalue weighted by atomic mass is 10.1. The second-order valence-electron chi connectivity index (χ2n) is 2.90. The average Bonchev–Trinajstić information content (AvgIpc) is 2.75. The molecule has 1 aromatic heterocycles. The summed E-state index contributed by atoms with van der Waals surface area (Å²) < 4.78 is 5.03. The molecule has 1 aromatic carbocycles. The summed E-state index contributed by atoms with van der Waals surface area (Å²) in [6, 6.07) is 7.04. The van der Waals surface area contributed by atoms with Crippen LogP contribution < -0.4 is 0 Å². The van der Waals surface area contributed by atoms with Crippen LogP contribution in [0.15, 0.2) is 24.3 Å². The monoisotopic (exact) mass is 254 g/mol. The summed E-state index contributed by atoms with van der Waals surface area (Å²) in [5.74, 6) is -0.401. The van der Waals surface area contributed by atoms with Crippen molar-refractivity contribution in [3.05, 3.63) is 34.3 Å². The van der Waals surface area contributed by atoms with Crippen LogP contribution >= 0.6 is 22.9 Å². The third-order valence-electron chi connectivity index (χ3n) is 1.96. The molecule has 16 heavy (non-hydrogen) atoms. The SMILES string of the molecule is COC(=O)c1ccccc1-c1nnc(Cl)s1. The summed E-state index contributed by atoms with van der Waals surface area (Å²) in [5, 5.41) is 8.20. The maximum atomic E-state index is 11.5. The lowest BCUT2D eigenvalue weighted by molar-refractivity contribution is 0.0601. The Morgan fingerprint density at radius 3 is 2.75 bits per heavy atom. The fourth-order valence-corrected chi connectivity index (χ4v) is 2.14. The van der Waals surface area contributed by atoms with E-state index in [4.69, 9.17) is 11.6 Å². The number of halogens is 1. The minimum Gasteiger partial charge on any atom is -0.465 e. The maximum Gasteiger partial charge on any atom is 0.338 e. The number of hydrogen-bond donors (Lipinski definition) is 0. The Balaban J connectivity index is 2.52. The Morgan fingerprint density at radius 2 is 2.12 bits per heavy atom. The van der Waals surface area contributed by atoms with Crippen molar-refractivity contribution < 1.29 is 9.53 Å². The minimum atomic E-state index is -0.401. The topological polar surface area (TPSA) is 52.1 Å². The van der Waals surface area contributed by atoms with E-state index in [1.165, 1.54) is 18.4 Å². The first-order chi connectivity index (χ1) is 7.72. The molecule has 0 saturated carbocycles. The predicted octanol–water partition coefficient (Wildman–Crippen LogP) is 2.65. The number of carbonyl (C=O) groups is 1. The number of nitrogens with zero attached hydrogens (tertiary/aromatic N) is 2. The normalized spacial score (nSPS) is 10.1. The highest BCUT2D eigenvalue weighted by Crippen LogP contribution is 2.28. The van der Waals surface area contributed by atoms with Gasteiger partial charge in [0.2, 0.25) is 4.47 Å². The highest BCUT2D eigenvalue weighted by molar-refractivity contribution is 7.18. The van der Waals surface area contributed by atoms with Crippen molar-refractivity contribution in [1.29, 1.82) is 0 Å². The molecule has 0 aliphatic heterocycles. The van der Waals surface area contributed by atoms with Crippen LogP contribution in [-0.2, 0) is 4.74 Å². The Hall–Kier alpha value is -1.46. The third-order valence-corrected chi connectivity index (χ3v) is 3.02. The molecule has 0 amide bonds. The van der Waals surface area contributed by atoms with Gasteiger partial charge in [-0.25, -0.2) is 4.79 Å². The fourth-order valence-electron chi connectivity index (χ4n) is 1.27. The van der Waals surface area contributed by atoms with Crippen LogP contribution in [0.1, 0.15) is 10.4 Å². The maximum absolute atomic E-state index is 11.5. The zero-order chi connectivity index (χ0) is 11.5. The average molecular weight is 255 g/mol. The van der Waals surface area contributed by atoms with Gasteiger partial charge in [0.1, 0.15) is 5.01 Å². The van der Waals surface area contributed by atoms with Crippen LogP contribution in [-0.4, -0.2) is 23.3 Å². The van der Waals surface area contributed by atoms with Crippen molar-refractivity contribution in [1.82, 2.24) is 10.2 Å². The molecule has 0 saturated heterocycles. The van der Waals surface area contributed by atoms with Crippen LogP contribution in [0.3, 0.4) is 0 Å². The lowest BCUT2D eigenvalue weighted by Gasteiger charge is -2.03. The molecule has 0 fully saturated rings. The lowest BCUT2D eigenvalue weighted by Crippen LogP contribution is -2.03. The molecule has 0 aliphatic rings. The van der Waals surface area contributed by atoms with Crippen LogP contribution in [0, 0.1) is 0 Å². The van der Waals surface area contributed by atoms with E-state index in [2.05, 4.69) is 14.9 Å². The van der Waals surface area contributed by atoms with Crippen molar-refractivity contribution in [3.8, 4) is 10.6 Å². The van der Waals surface area contributed by atoms with Gasteiger partial charge in [-0.3, -0.25) is 0 Å². The molecule has 6 heteroatoms. The van der Waals surface area contributed by atoms with Gasteiger partial charge < -0.3 is 4.74 Å². The van der Waals surface area contributed by atoms with Gasteiger partial charge in [-0.15, -0.1) is 10.2 Å². The first-order valence-electron chi connectivity index (χ1n) is 4.39. The van der Waals surface area contributed by atoms with E-state index >= 15 is 0 Å². The van der Waals surface area contributed by atoms with Gasteiger partial charge in [0.15, 0.2) is 0 Å². The van der Waals surface area contributed by atoms with Gasteiger partial charge in [-0.2, -0.15) is 0 Å². The summed E-state index contributed by atoms with van der Waals surface area (Å²) in [7, 11) is 1.34. The second kappa shape index (κ2) is 4.59. The summed E-state index contributed by atoms with van der Waals surface area (Å²) >= 11 is 6.92. The van der Waals surface area contributed by atoms with Gasteiger partial charge in [-0.05, 0) is 17.7 Å². The number of benzene rings is 1. The van der Waals surface area contributed by atoms with E-state index in [9.17, 15) is 4.79 Å². The van der Waals surface area contributed by atoms with Crippen molar-refractivity contribution in [2.45, 2.75) is 0 Å². The Kier molecular flexibility index (Phi) is 3.17. The van der Waals surface area contributed by atoms with Gasteiger partial charge in [0.25, 0.3) is 0 Å². The van der Waals surface area contributed by atoms with E-state index in [1.54, 1.807) is 18.2 Å². The van der Waals surface area contributed by atoms with Crippen LogP contribution in [0.2, 0.25) is 4.47 Å². The second-order valence-corrected chi connectivity index (χ2v) is 4.46. The first kappa shape index (κ1) is 11.0. The van der Waals surface area contributed by atoms with E-state index in [-0.39, 0.29) is 0 Å². The zero-order valence-corrected chi connectivity index (χ0v) is 9.88. The van der Waals surface area contributed by atoms with E-state index in [0.29, 0.717) is 20.6 Å². The number of aromatic nitrogens is 2. The summed E-state index contributed by atoms with van der Waals surface area (Å²) in [4.78, 5) is 11.5. The van der Waals surface area contributed by atoms with E-state index in [0.717, 1.165) is 0 Å². The molecule has 1 heterocycles. The zero-order valence-electron chi connectivity index (χ0n) is 8.31. The van der Waals surface area contributed by atoms with Crippen molar-refractivity contribution in [2.75, 3.05) is 7.11 Å². The molecular formula is C10H7ClN2O2S. The number of carbonyl (C=O) groups excluding carboxylic acids is 1. The molecule has 0 radical (unpaired) electrons. The highest BCUT2D eigenvalue weighted by Gasteiger charge is 2.15. The summed E-state index contributed by atoms with van der Waals surface area (Å²) in [5.41, 5.74) is 1.14. The first-order valence-corrected chi connectivity index (χ1v) is 5.58. The Bertz CT molecular complexity index is 527. The Labute approximate surface area is 101 Å². The molecular weight excluding hydrogens is 248 g/mol. The van der Waals surface area contributed by atoms with E-state index < -0.39 is 5.97 Å². The van der Waals surface area contributed by atoms with Gasteiger partial charge >= 0.3 is 5.97 Å². The van der Waals surface area contributed by atoms with Gasteiger partial charge in [0, 0.05) is 5.56 Å². The largest absolute Gasteiger partial charge is 0.465 e. The summed E-state index contributed by atoms with van der Waals surface area (Å²) in [6.07, 6.45) is 0. The standard InChI is InChI=1S/C10H7ClN2O2S/c1-15-9(14)7-5-3-2-4-6(7)8-12-13-10(11)16-8/h2-5H,1H3. The predicted molar refractivity (Wildman–Crippen MR) is 61.7 cm³/mol. The number of rotatable bonds is 2. The van der Waals surface area contributed by atoms with Crippen LogP contribution in [0.4, 0.5) is 0 Å². The molecule has 0 spiro atoms. The van der Waals surface area contributed by atoms with Gasteiger partial charge in [0.05, 0.1) is 12.7 Å².